The molecule has 21 heavy (non-hydrogen) atoms. The standard InChI is InChI=1S/C14H16N6S/c1-10-15-14(21-18-10)20-8-6-19(7-9-20)13-16-11-4-2-3-5-12(11)17-13/h2-5H,6-9H2,1H3,(H,16,17). The Labute approximate surface area is 126 Å². The van der Waals surface area contributed by atoms with Crippen molar-refractivity contribution in [1.82, 2.24) is 19.3 Å². The van der Waals surface area contributed by atoms with Gasteiger partial charge in [0.05, 0.1) is 11.0 Å². The van der Waals surface area contributed by atoms with Crippen molar-refractivity contribution in [3.8, 4) is 0 Å². The number of aromatic nitrogens is 4. The summed E-state index contributed by atoms with van der Waals surface area (Å²) in [6.07, 6.45) is 0. The van der Waals surface area contributed by atoms with E-state index in [0.717, 1.165) is 54.1 Å². The number of anilines is 2. The molecule has 7 heteroatoms. The van der Waals surface area contributed by atoms with Crippen LogP contribution in [0.5, 0.6) is 0 Å². The van der Waals surface area contributed by atoms with Crippen LogP contribution in [-0.4, -0.2) is 45.5 Å². The van der Waals surface area contributed by atoms with Crippen molar-refractivity contribution in [2.24, 2.45) is 0 Å². The van der Waals surface area contributed by atoms with Crippen LogP contribution in [0.2, 0.25) is 0 Å². The molecule has 2 aromatic heterocycles. The summed E-state index contributed by atoms with van der Waals surface area (Å²) < 4.78 is 4.25. The van der Waals surface area contributed by atoms with Crippen LogP contribution in [0.15, 0.2) is 24.3 Å². The lowest BCUT2D eigenvalue weighted by Crippen LogP contribution is -2.46. The zero-order valence-corrected chi connectivity index (χ0v) is 12.6. The van der Waals surface area contributed by atoms with Crippen LogP contribution in [-0.2, 0) is 0 Å². The van der Waals surface area contributed by atoms with E-state index in [1.807, 2.05) is 25.1 Å². The van der Waals surface area contributed by atoms with Gasteiger partial charge in [0.2, 0.25) is 11.1 Å². The Morgan fingerprint density at radius 3 is 2.52 bits per heavy atom. The number of benzene rings is 1. The Morgan fingerprint density at radius 2 is 1.81 bits per heavy atom. The fourth-order valence-corrected chi connectivity index (χ4v) is 3.34. The third-order valence-corrected chi connectivity index (χ3v) is 4.61. The molecule has 0 unspecified atom stereocenters. The minimum Gasteiger partial charge on any atom is -0.343 e. The lowest BCUT2D eigenvalue weighted by Gasteiger charge is -2.34. The van der Waals surface area contributed by atoms with Crippen LogP contribution in [0.1, 0.15) is 5.82 Å². The predicted molar refractivity (Wildman–Crippen MR) is 85.2 cm³/mol. The van der Waals surface area contributed by atoms with E-state index in [2.05, 4.69) is 35.2 Å². The number of nitrogens with zero attached hydrogens (tertiary/aromatic N) is 5. The maximum Gasteiger partial charge on any atom is 0.205 e. The van der Waals surface area contributed by atoms with Crippen LogP contribution < -0.4 is 9.80 Å². The molecule has 0 atom stereocenters. The number of aryl methyl sites for hydroxylation is 1. The number of para-hydroxylation sites is 2. The van der Waals surface area contributed by atoms with E-state index in [0.29, 0.717) is 0 Å². The molecule has 6 nitrogen and oxygen atoms in total. The smallest absolute Gasteiger partial charge is 0.205 e. The first-order chi connectivity index (χ1) is 10.3. The number of nitrogens with one attached hydrogen (secondary N) is 1. The Bertz CT molecular complexity index is 723. The largest absolute Gasteiger partial charge is 0.343 e. The number of H-pyrrole nitrogens is 1. The van der Waals surface area contributed by atoms with Crippen molar-refractivity contribution in [2.45, 2.75) is 6.92 Å². The van der Waals surface area contributed by atoms with Gasteiger partial charge in [0.25, 0.3) is 0 Å². The van der Waals surface area contributed by atoms with Gasteiger partial charge in [-0.1, -0.05) is 12.1 Å². The lowest BCUT2D eigenvalue weighted by atomic mass is 10.3. The molecule has 0 aliphatic carbocycles. The first kappa shape index (κ1) is 12.6. The molecular weight excluding hydrogens is 284 g/mol. The molecule has 1 aromatic carbocycles. The number of fused-ring (bicyclic) bond motifs is 1. The Balaban J connectivity index is 1.49. The summed E-state index contributed by atoms with van der Waals surface area (Å²) in [4.78, 5) is 17.1. The first-order valence-corrected chi connectivity index (χ1v) is 7.82. The van der Waals surface area contributed by atoms with Crippen LogP contribution in [0.4, 0.5) is 11.1 Å². The molecule has 108 valence electrons. The molecule has 0 saturated carbocycles. The second-order valence-electron chi connectivity index (χ2n) is 5.18. The van der Waals surface area contributed by atoms with Crippen molar-refractivity contribution < 1.29 is 0 Å². The molecule has 0 radical (unpaired) electrons. The van der Waals surface area contributed by atoms with Crippen molar-refractivity contribution >= 4 is 33.6 Å². The summed E-state index contributed by atoms with van der Waals surface area (Å²) in [6, 6.07) is 8.14. The van der Waals surface area contributed by atoms with E-state index in [1.54, 1.807) is 0 Å². The van der Waals surface area contributed by atoms with Crippen LogP contribution in [0.3, 0.4) is 0 Å². The molecule has 4 rings (SSSR count). The number of hydrogen-bond acceptors (Lipinski definition) is 6. The molecule has 1 fully saturated rings. The Kier molecular flexibility index (Phi) is 2.99. The average molecular weight is 300 g/mol. The highest BCUT2D eigenvalue weighted by molar-refractivity contribution is 7.09. The van der Waals surface area contributed by atoms with E-state index < -0.39 is 0 Å². The molecule has 1 N–H and O–H groups in total. The fourth-order valence-electron chi connectivity index (χ4n) is 2.61. The van der Waals surface area contributed by atoms with Gasteiger partial charge in [-0.2, -0.15) is 4.37 Å². The van der Waals surface area contributed by atoms with Gasteiger partial charge in [-0.25, -0.2) is 9.97 Å². The number of rotatable bonds is 2. The molecule has 0 amide bonds. The summed E-state index contributed by atoms with van der Waals surface area (Å²) in [6.45, 7) is 5.72. The number of imidazole rings is 1. The van der Waals surface area contributed by atoms with Crippen molar-refractivity contribution in [1.29, 1.82) is 0 Å². The highest BCUT2D eigenvalue weighted by Gasteiger charge is 2.21. The molecule has 1 aliphatic heterocycles. The normalized spacial score (nSPS) is 15.9. The van der Waals surface area contributed by atoms with E-state index in [9.17, 15) is 0 Å². The summed E-state index contributed by atoms with van der Waals surface area (Å²) in [5, 5.41) is 1.02. The summed E-state index contributed by atoms with van der Waals surface area (Å²) in [5.74, 6) is 1.82. The number of piperazine rings is 1. The van der Waals surface area contributed by atoms with E-state index >= 15 is 0 Å². The highest BCUT2D eigenvalue weighted by atomic mass is 32.1. The molecule has 1 saturated heterocycles. The molecular formula is C14H16N6S. The molecule has 0 spiro atoms. The monoisotopic (exact) mass is 300 g/mol. The zero-order valence-electron chi connectivity index (χ0n) is 11.8. The quantitative estimate of drug-likeness (QED) is 0.785. The van der Waals surface area contributed by atoms with Gasteiger partial charge in [0, 0.05) is 37.7 Å². The molecule has 1 aliphatic rings. The fraction of sp³-hybridized carbons (Fsp3) is 0.357. The summed E-state index contributed by atoms with van der Waals surface area (Å²) >= 11 is 1.48. The van der Waals surface area contributed by atoms with Crippen molar-refractivity contribution in [2.75, 3.05) is 36.0 Å². The van der Waals surface area contributed by atoms with Crippen LogP contribution in [0.25, 0.3) is 11.0 Å². The van der Waals surface area contributed by atoms with Gasteiger partial charge in [-0.3, -0.25) is 0 Å². The Morgan fingerprint density at radius 1 is 1.05 bits per heavy atom. The molecule has 0 bridgehead atoms. The van der Waals surface area contributed by atoms with Crippen molar-refractivity contribution in [3.63, 3.8) is 0 Å². The minimum atomic E-state index is 0.856. The van der Waals surface area contributed by atoms with E-state index in [4.69, 9.17) is 0 Å². The maximum atomic E-state index is 4.66. The summed E-state index contributed by atoms with van der Waals surface area (Å²) in [7, 11) is 0. The van der Waals surface area contributed by atoms with Gasteiger partial charge in [0.1, 0.15) is 5.82 Å². The van der Waals surface area contributed by atoms with Crippen LogP contribution in [0, 0.1) is 6.92 Å². The Hall–Kier alpha value is -2.15. The van der Waals surface area contributed by atoms with Gasteiger partial charge in [-0.05, 0) is 19.1 Å². The third-order valence-electron chi connectivity index (χ3n) is 3.74. The second kappa shape index (κ2) is 5.00. The van der Waals surface area contributed by atoms with Crippen molar-refractivity contribution in [3.05, 3.63) is 30.1 Å². The zero-order chi connectivity index (χ0) is 14.2. The van der Waals surface area contributed by atoms with Gasteiger partial charge in [0.15, 0.2) is 0 Å². The van der Waals surface area contributed by atoms with Gasteiger partial charge in [-0.15, -0.1) is 0 Å². The number of aromatic amines is 1. The summed E-state index contributed by atoms with van der Waals surface area (Å²) in [5.41, 5.74) is 2.12. The van der Waals surface area contributed by atoms with Crippen LogP contribution >= 0.6 is 11.5 Å². The number of hydrogen-bond donors (Lipinski definition) is 1. The third kappa shape index (κ3) is 2.33. The second-order valence-corrected chi connectivity index (χ2v) is 5.91. The van der Waals surface area contributed by atoms with E-state index in [1.165, 1.54) is 11.5 Å². The molecule has 3 aromatic rings. The lowest BCUT2D eigenvalue weighted by molar-refractivity contribution is 0.641. The highest BCUT2D eigenvalue weighted by Crippen LogP contribution is 2.22. The van der Waals surface area contributed by atoms with Gasteiger partial charge >= 0.3 is 0 Å². The molecule has 3 heterocycles. The topological polar surface area (TPSA) is 60.9 Å². The maximum absolute atomic E-state index is 4.66. The van der Waals surface area contributed by atoms with Gasteiger partial charge < -0.3 is 14.8 Å². The van der Waals surface area contributed by atoms with E-state index in [-0.39, 0.29) is 0 Å². The SMILES string of the molecule is Cc1nsc(N2CCN(c3nc4ccccc4[nH]3)CC2)n1. The minimum absolute atomic E-state index is 0.856. The first-order valence-electron chi connectivity index (χ1n) is 7.04. The average Bonchev–Trinajstić information content (AvgIpc) is 3.13. The predicted octanol–water partition coefficient (Wildman–Crippen LogP) is 2.05.